The van der Waals surface area contributed by atoms with E-state index >= 15 is 0 Å². The van der Waals surface area contributed by atoms with Crippen molar-refractivity contribution < 1.29 is 23.8 Å². The largest absolute Gasteiger partial charge is 0.496 e. The number of nitrogens with zero attached hydrogens (tertiary/aromatic N) is 2. The summed E-state index contributed by atoms with van der Waals surface area (Å²) in [7, 11) is 1.37. The first-order valence-corrected chi connectivity index (χ1v) is 8.17. The minimum Gasteiger partial charge on any atom is -0.496 e. The van der Waals surface area contributed by atoms with Gasteiger partial charge in [-0.3, -0.25) is 9.59 Å². The zero-order chi connectivity index (χ0) is 20.1. The van der Waals surface area contributed by atoms with Crippen molar-refractivity contribution in [2.24, 2.45) is 5.92 Å². The van der Waals surface area contributed by atoms with Crippen LogP contribution in [0.25, 0.3) is 11.3 Å². The molecule has 0 saturated carbocycles. The summed E-state index contributed by atoms with van der Waals surface area (Å²) in [6.45, 7) is 2.86. The summed E-state index contributed by atoms with van der Waals surface area (Å²) < 4.78 is 19.4. The number of ether oxygens (including phenoxy) is 1. The molecule has 1 atom stereocenters. The second kappa shape index (κ2) is 8.43. The minimum absolute atomic E-state index is 0.225. The Balaban J connectivity index is 2.29. The van der Waals surface area contributed by atoms with Crippen LogP contribution in [0.15, 0.2) is 35.1 Å². The molecule has 1 aromatic heterocycles. The predicted molar refractivity (Wildman–Crippen MR) is 94.8 cm³/mol. The lowest BCUT2D eigenvalue weighted by atomic mass is 10.1. The van der Waals surface area contributed by atoms with Crippen molar-refractivity contribution in [2.75, 3.05) is 7.11 Å². The van der Waals surface area contributed by atoms with Gasteiger partial charge < -0.3 is 15.2 Å². The van der Waals surface area contributed by atoms with Crippen LogP contribution in [0.2, 0.25) is 0 Å². The van der Waals surface area contributed by atoms with Crippen LogP contribution >= 0.6 is 0 Å². The monoisotopic (exact) mass is 377 g/mol. The molecule has 1 aromatic carbocycles. The lowest BCUT2D eigenvalue weighted by Crippen LogP contribution is -2.46. The second-order valence-electron chi connectivity index (χ2n) is 6.19. The number of carbonyl (C=O) groups is 2. The molecular weight excluding hydrogens is 357 g/mol. The topological polar surface area (TPSA) is 111 Å². The summed E-state index contributed by atoms with van der Waals surface area (Å²) in [6.07, 6.45) is 0. The maximum atomic E-state index is 13.4. The van der Waals surface area contributed by atoms with Crippen molar-refractivity contribution in [1.29, 1.82) is 0 Å². The molecule has 0 fully saturated rings. The molecule has 1 heterocycles. The van der Waals surface area contributed by atoms with E-state index in [0.29, 0.717) is 11.3 Å². The Morgan fingerprint density at radius 3 is 2.59 bits per heavy atom. The lowest BCUT2D eigenvalue weighted by Gasteiger charge is -2.18. The smallest absolute Gasteiger partial charge is 0.326 e. The first kappa shape index (κ1) is 20.1. The molecule has 2 aromatic rings. The number of methoxy groups -OCH3 is 1. The number of amides is 1. The van der Waals surface area contributed by atoms with E-state index in [1.54, 1.807) is 13.8 Å². The zero-order valence-corrected chi connectivity index (χ0v) is 15.1. The van der Waals surface area contributed by atoms with Gasteiger partial charge in [0.25, 0.3) is 5.56 Å². The number of aromatic nitrogens is 2. The van der Waals surface area contributed by atoms with E-state index in [2.05, 4.69) is 10.4 Å². The Morgan fingerprint density at radius 1 is 1.30 bits per heavy atom. The molecule has 1 unspecified atom stereocenters. The standard InChI is InChI=1S/C18H20FN3O5/c1-10(2)17(18(25)26)20-15(23)9-22-16(24)7-6-13(21-22)12-5-4-11(19)8-14(12)27-3/h4-8,10,17H,9H2,1-3H3,(H,20,23)(H,25,26). The van der Waals surface area contributed by atoms with E-state index in [0.717, 1.165) is 4.68 Å². The molecule has 1 amide bonds. The van der Waals surface area contributed by atoms with E-state index in [1.807, 2.05) is 0 Å². The van der Waals surface area contributed by atoms with Crippen LogP contribution in [-0.4, -0.2) is 39.9 Å². The minimum atomic E-state index is -1.16. The molecule has 0 spiro atoms. The Hall–Kier alpha value is -3.23. The molecular formula is C18H20FN3O5. The molecule has 144 valence electrons. The number of carbonyl (C=O) groups excluding carboxylic acids is 1. The number of nitrogens with one attached hydrogen (secondary N) is 1. The van der Waals surface area contributed by atoms with Crippen molar-refractivity contribution in [1.82, 2.24) is 15.1 Å². The third-order valence-electron chi connectivity index (χ3n) is 3.85. The molecule has 0 aliphatic heterocycles. The molecule has 0 aliphatic rings. The van der Waals surface area contributed by atoms with E-state index in [-0.39, 0.29) is 11.7 Å². The van der Waals surface area contributed by atoms with E-state index < -0.39 is 35.8 Å². The molecule has 2 N–H and O–H groups in total. The summed E-state index contributed by atoms with van der Waals surface area (Å²) in [5, 5.41) is 15.6. The highest BCUT2D eigenvalue weighted by atomic mass is 19.1. The molecule has 0 aliphatic carbocycles. The van der Waals surface area contributed by atoms with Crippen molar-refractivity contribution >= 4 is 11.9 Å². The van der Waals surface area contributed by atoms with Crippen LogP contribution in [0.5, 0.6) is 5.75 Å². The quantitative estimate of drug-likeness (QED) is 0.752. The van der Waals surface area contributed by atoms with Crippen molar-refractivity contribution in [3.8, 4) is 17.0 Å². The van der Waals surface area contributed by atoms with Gasteiger partial charge in [0, 0.05) is 17.7 Å². The fraction of sp³-hybridized carbons (Fsp3) is 0.333. The Kier molecular flexibility index (Phi) is 6.27. The summed E-state index contributed by atoms with van der Waals surface area (Å²) in [5.74, 6) is -2.41. The maximum Gasteiger partial charge on any atom is 0.326 e. The summed E-state index contributed by atoms with van der Waals surface area (Å²) in [5.41, 5.74) is 0.211. The fourth-order valence-electron chi connectivity index (χ4n) is 2.45. The third-order valence-corrected chi connectivity index (χ3v) is 3.85. The van der Waals surface area contributed by atoms with Gasteiger partial charge in [0.15, 0.2) is 0 Å². The number of rotatable bonds is 7. The highest BCUT2D eigenvalue weighted by molar-refractivity contribution is 5.83. The number of halogens is 1. The van der Waals surface area contributed by atoms with E-state index in [4.69, 9.17) is 9.84 Å². The normalized spacial score (nSPS) is 11.9. The van der Waals surface area contributed by atoms with Gasteiger partial charge in [0.2, 0.25) is 5.91 Å². The lowest BCUT2D eigenvalue weighted by molar-refractivity contribution is -0.143. The van der Waals surface area contributed by atoms with Gasteiger partial charge >= 0.3 is 5.97 Å². The van der Waals surface area contributed by atoms with Crippen LogP contribution in [-0.2, 0) is 16.1 Å². The van der Waals surface area contributed by atoms with Crippen molar-refractivity contribution in [3.63, 3.8) is 0 Å². The second-order valence-corrected chi connectivity index (χ2v) is 6.19. The van der Waals surface area contributed by atoms with E-state index in [9.17, 15) is 18.8 Å². The van der Waals surface area contributed by atoms with Crippen LogP contribution in [0.1, 0.15) is 13.8 Å². The average Bonchev–Trinajstić information content (AvgIpc) is 2.61. The molecule has 0 radical (unpaired) electrons. The molecule has 0 bridgehead atoms. The molecule has 0 saturated heterocycles. The van der Waals surface area contributed by atoms with Gasteiger partial charge in [-0.15, -0.1) is 0 Å². The van der Waals surface area contributed by atoms with Crippen molar-refractivity contribution in [2.45, 2.75) is 26.4 Å². The van der Waals surface area contributed by atoms with Gasteiger partial charge in [-0.05, 0) is 24.1 Å². The van der Waals surface area contributed by atoms with Crippen LogP contribution in [0, 0.1) is 11.7 Å². The van der Waals surface area contributed by atoms with Crippen LogP contribution in [0.4, 0.5) is 4.39 Å². The van der Waals surface area contributed by atoms with Crippen LogP contribution in [0.3, 0.4) is 0 Å². The molecule has 9 heteroatoms. The first-order chi connectivity index (χ1) is 12.7. The van der Waals surface area contributed by atoms with Crippen molar-refractivity contribution in [3.05, 3.63) is 46.5 Å². The average molecular weight is 377 g/mol. The van der Waals surface area contributed by atoms with Gasteiger partial charge in [-0.2, -0.15) is 5.10 Å². The van der Waals surface area contributed by atoms with Crippen LogP contribution < -0.4 is 15.6 Å². The zero-order valence-electron chi connectivity index (χ0n) is 15.1. The Bertz CT molecular complexity index is 910. The Morgan fingerprint density at radius 2 is 2.00 bits per heavy atom. The predicted octanol–water partition coefficient (Wildman–Crippen LogP) is 1.28. The fourth-order valence-corrected chi connectivity index (χ4v) is 2.45. The van der Waals surface area contributed by atoms with Gasteiger partial charge in [-0.25, -0.2) is 13.9 Å². The molecule has 8 nitrogen and oxygen atoms in total. The SMILES string of the molecule is COc1cc(F)ccc1-c1ccc(=O)n(CC(=O)NC(C(=O)O)C(C)C)n1. The summed E-state index contributed by atoms with van der Waals surface area (Å²) in [6, 6.07) is 5.43. The highest BCUT2D eigenvalue weighted by Crippen LogP contribution is 2.28. The summed E-state index contributed by atoms with van der Waals surface area (Å²) in [4.78, 5) is 35.4. The number of benzene rings is 1. The van der Waals surface area contributed by atoms with E-state index in [1.165, 1.54) is 37.4 Å². The van der Waals surface area contributed by atoms with Gasteiger partial charge in [0.1, 0.15) is 24.2 Å². The number of hydrogen-bond acceptors (Lipinski definition) is 5. The molecule has 2 rings (SSSR count). The number of aliphatic carboxylic acids is 1. The third kappa shape index (κ3) is 4.90. The number of hydrogen-bond donors (Lipinski definition) is 2. The Labute approximate surface area is 154 Å². The molecule has 27 heavy (non-hydrogen) atoms. The highest BCUT2D eigenvalue weighted by Gasteiger charge is 2.23. The van der Waals surface area contributed by atoms with Gasteiger partial charge in [-0.1, -0.05) is 13.8 Å². The number of carboxylic acid groups (broad SMARTS) is 1. The first-order valence-electron chi connectivity index (χ1n) is 8.17. The summed E-state index contributed by atoms with van der Waals surface area (Å²) >= 11 is 0. The maximum absolute atomic E-state index is 13.4. The number of carboxylic acids is 1. The van der Waals surface area contributed by atoms with Gasteiger partial charge in [0.05, 0.1) is 12.8 Å².